The first kappa shape index (κ1) is 9.56. The number of rotatable bonds is 3. The average molecular weight is 193 g/mol. The van der Waals surface area contributed by atoms with Gasteiger partial charge in [-0.25, -0.2) is 4.98 Å². The van der Waals surface area contributed by atoms with Crippen molar-refractivity contribution in [3.63, 3.8) is 0 Å². The van der Waals surface area contributed by atoms with E-state index in [1.54, 1.807) is 0 Å². The molecule has 0 radical (unpaired) electrons. The Morgan fingerprint density at radius 3 is 2.79 bits per heavy atom. The zero-order valence-electron chi connectivity index (χ0n) is 9.46. The monoisotopic (exact) mass is 193 g/mol. The molecule has 1 unspecified atom stereocenters. The molecule has 2 rings (SSSR count). The van der Waals surface area contributed by atoms with Crippen LogP contribution in [0.5, 0.6) is 0 Å². The van der Waals surface area contributed by atoms with Crippen LogP contribution in [0.2, 0.25) is 0 Å². The summed E-state index contributed by atoms with van der Waals surface area (Å²) in [5.74, 6) is 1.03. The molecule has 1 aliphatic carbocycles. The van der Waals surface area contributed by atoms with Gasteiger partial charge in [0, 0.05) is 18.8 Å². The quantitative estimate of drug-likeness (QED) is 0.799. The lowest BCUT2D eigenvalue weighted by Gasteiger charge is -2.09. The van der Waals surface area contributed by atoms with Gasteiger partial charge in [0.15, 0.2) is 0 Å². The SMILES string of the molecule is CCNc1nc(C)cn1C1CC1(C)C. The second-order valence-corrected chi connectivity index (χ2v) is 4.85. The molecule has 0 spiro atoms. The Morgan fingerprint density at radius 1 is 1.64 bits per heavy atom. The van der Waals surface area contributed by atoms with E-state index in [1.807, 2.05) is 6.92 Å². The first-order chi connectivity index (χ1) is 6.54. The van der Waals surface area contributed by atoms with E-state index in [1.165, 1.54) is 6.42 Å². The number of aryl methyl sites for hydroxylation is 1. The Bertz CT molecular complexity index is 338. The Labute approximate surface area is 85.5 Å². The lowest BCUT2D eigenvalue weighted by molar-refractivity contribution is 0.543. The van der Waals surface area contributed by atoms with E-state index in [2.05, 4.69) is 41.8 Å². The highest BCUT2D eigenvalue weighted by atomic mass is 15.2. The highest BCUT2D eigenvalue weighted by Crippen LogP contribution is 2.56. The van der Waals surface area contributed by atoms with Crippen LogP contribution in [0.4, 0.5) is 5.95 Å². The van der Waals surface area contributed by atoms with Crippen LogP contribution in [0, 0.1) is 12.3 Å². The molecular formula is C11H19N3. The number of hydrogen-bond donors (Lipinski definition) is 1. The van der Waals surface area contributed by atoms with E-state index in [4.69, 9.17) is 0 Å². The molecule has 3 nitrogen and oxygen atoms in total. The summed E-state index contributed by atoms with van der Waals surface area (Å²) in [5.41, 5.74) is 1.56. The number of imidazole rings is 1. The number of nitrogens with one attached hydrogen (secondary N) is 1. The molecule has 0 bridgehead atoms. The van der Waals surface area contributed by atoms with Crippen LogP contribution >= 0.6 is 0 Å². The summed E-state index contributed by atoms with van der Waals surface area (Å²) >= 11 is 0. The zero-order valence-corrected chi connectivity index (χ0v) is 9.46. The Balaban J connectivity index is 2.24. The molecule has 1 aliphatic rings. The predicted molar refractivity (Wildman–Crippen MR) is 58.6 cm³/mol. The summed E-state index contributed by atoms with van der Waals surface area (Å²) in [4.78, 5) is 4.48. The van der Waals surface area contributed by atoms with Crippen LogP contribution in [0.25, 0.3) is 0 Å². The second-order valence-electron chi connectivity index (χ2n) is 4.85. The Kier molecular flexibility index (Phi) is 2.05. The standard InChI is InChI=1S/C11H19N3/c1-5-12-10-13-8(2)7-14(10)9-6-11(9,3)4/h7,9H,5-6H2,1-4H3,(H,12,13). The summed E-state index contributed by atoms with van der Waals surface area (Å²) in [6.07, 6.45) is 3.42. The average Bonchev–Trinajstić information content (AvgIpc) is 2.53. The van der Waals surface area contributed by atoms with Crippen molar-refractivity contribution in [1.82, 2.24) is 9.55 Å². The third kappa shape index (κ3) is 1.51. The molecule has 1 saturated carbocycles. The summed E-state index contributed by atoms with van der Waals surface area (Å²) < 4.78 is 2.29. The van der Waals surface area contributed by atoms with E-state index in [-0.39, 0.29) is 0 Å². The molecule has 1 aromatic rings. The minimum absolute atomic E-state index is 0.456. The van der Waals surface area contributed by atoms with Crippen molar-refractivity contribution in [2.24, 2.45) is 5.41 Å². The van der Waals surface area contributed by atoms with Gasteiger partial charge in [-0.1, -0.05) is 13.8 Å². The largest absolute Gasteiger partial charge is 0.356 e. The second kappa shape index (κ2) is 3.01. The van der Waals surface area contributed by atoms with E-state index < -0.39 is 0 Å². The number of anilines is 1. The molecule has 0 aromatic carbocycles. The summed E-state index contributed by atoms with van der Waals surface area (Å²) in [6, 6.07) is 0.637. The van der Waals surface area contributed by atoms with Crippen molar-refractivity contribution in [2.45, 2.75) is 40.2 Å². The van der Waals surface area contributed by atoms with Crippen LogP contribution in [0.3, 0.4) is 0 Å². The van der Waals surface area contributed by atoms with Gasteiger partial charge in [0.05, 0.1) is 5.69 Å². The molecule has 3 heteroatoms. The molecule has 1 atom stereocenters. The van der Waals surface area contributed by atoms with Crippen molar-refractivity contribution < 1.29 is 0 Å². The minimum Gasteiger partial charge on any atom is -0.356 e. The van der Waals surface area contributed by atoms with Crippen molar-refractivity contribution in [1.29, 1.82) is 0 Å². The molecular weight excluding hydrogens is 174 g/mol. The van der Waals surface area contributed by atoms with Crippen LogP contribution in [0.1, 0.15) is 38.9 Å². The maximum absolute atomic E-state index is 4.48. The fraction of sp³-hybridized carbons (Fsp3) is 0.727. The van der Waals surface area contributed by atoms with Crippen LogP contribution in [0.15, 0.2) is 6.20 Å². The number of aromatic nitrogens is 2. The normalized spacial score (nSPS) is 23.6. The van der Waals surface area contributed by atoms with Gasteiger partial charge < -0.3 is 9.88 Å². The van der Waals surface area contributed by atoms with E-state index in [9.17, 15) is 0 Å². The first-order valence-electron chi connectivity index (χ1n) is 5.34. The topological polar surface area (TPSA) is 29.9 Å². The molecule has 0 amide bonds. The lowest BCUT2D eigenvalue weighted by Crippen LogP contribution is -2.07. The third-order valence-electron chi connectivity index (χ3n) is 2.98. The van der Waals surface area contributed by atoms with E-state index >= 15 is 0 Å². The predicted octanol–water partition coefficient (Wildman–Crippen LogP) is 2.59. The molecule has 1 heterocycles. The van der Waals surface area contributed by atoms with Gasteiger partial charge >= 0.3 is 0 Å². The van der Waals surface area contributed by atoms with Gasteiger partial charge in [0.2, 0.25) is 5.95 Å². The summed E-state index contributed by atoms with van der Waals surface area (Å²) in [5, 5.41) is 3.31. The minimum atomic E-state index is 0.456. The molecule has 1 aromatic heterocycles. The molecule has 78 valence electrons. The summed E-state index contributed by atoms with van der Waals surface area (Å²) in [7, 11) is 0. The van der Waals surface area contributed by atoms with Gasteiger partial charge in [-0.15, -0.1) is 0 Å². The van der Waals surface area contributed by atoms with Crippen LogP contribution in [-0.4, -0.2) is 16.1 Å². The fourth-order valence-corrected chi connectivity index (χ4v) is 1.96. The van der Waals surface area contributed by atoms with E-state index in [0.29, 0.717) is 11.5 Å². The van der Waals surface area contributed by atoms with Gasteiger partial charge in [-0.3, -0.25) is 0 Å². The molecule has 14 heavy (non-hydrogen) atoms. The number of nitrogens with zero attached hydrogens (tertiary/aromatic N) is 2. The molecule has 1 N–H and O–H groups in total. The molecule has 1 fully saturated rings. The van der Waals surface area contributed by atoms with Crippen molar-refractivity contribution >= 4 is 5.95 Å². The van der Waals surface area contributed by atoms with Crippen LogP contribution < -0.4 is 5.32 Å². The van der Waals surface area contributed by atoms with Crippen molar-refractivity contribution in [3.05, 3.63) is 11.9 Å². The van der Waals surface area contributed by atoms with Gasteiger partial charge in [0.25, 0.3) is 0 Å². The Morgan fingerprint density at radius 2 is 2.29 bits per heavy atom. The fourth-order valence-electron chi connectivity index (χ4n) is 1.96. The van der Waals surface area contributed by atoms with E-state index in [0.717, 1.165) is 18.2 Å². The van der Waals surface area contributed by atoms with Gasteiger partial charge in [-0.05, 0) is 25.7 Å². The lowest BCUT2D eigenvalue weighted by atomic mass is 10.2. The summed E-state index contributed by atoms with van der Waals surface area (Å²) in [6.45, 7) is 9.70. The third-order valence-corrected chi connectivity index (χ3v) is 2.98. The Hall–Kier alpha value is -0.990. The highest BCUT2D eigenvalue weighted by molar-refractivity contribution is 5.31. The molecule has 0 saturated heterocycles. The highest BCUT2D eigenvalue weighted by Gasteiger charge is 2.47. The zero-order chi connectivity index (χ0) is 10.3. The van der Waals surface area contributed by atoms with Gasteiger partial charge in [0.1, 0.15) is 0 Å². The molecule has 0 aliphatic heterocycles. The maximum atomic E-state index is 4.48. The maximum Gasteiger partial charge on any atom is 0.203 e. The smallest absolute Gasteiger partial charge is 0.203 e. The van der Waals surface area contributed by atoms with Crippen molar-refractivity contribution in [2.75, 3.05) is 11.9 Å². The van der Waals surface area contributed by atoms with Gasteiger partial charge in [-0.2, -0.15) is 0 Å². The van der Waals surface area contributed by atoms with Crippen LogP contribution in [-0.2, 0) is 0 Å². The first-order valence-corrected chi connectivity index (χ1v) is 5.34. The van der Waals surface area contributed by atoms with Crippen molar-refractivity contribution in [3.8, 4) is 0 Å². The number of hydrogen-bond acceptors (Lipinski definition) is 2.